The fourth-order valence-corrected chi connectivity index (χ4v) is 2.67. The topological polar surface area (TPSA) is 60.7 Å². The van der Waals surface area contributed by atoms with Gasteiger partial charge in [0.15, 0.2) is 0 Å². The van der Waals surface area contributed by atoms with Crippen molar-refractivity contribution in [3.05, 3.63) is 22.9 Å². The zero-order valence-corrected chi connectivity index (χ0v) is 11.8. The van der Waals surface area contributed by atoms with Gasteiger partial charge in [0.2, 0.25) is 0 Å². The Balaban J connectivity index is 1.93. The van der Waals surface area contributed by atoms with Gasteiger partial charge in [0, 0.05) is 12.2 Å². The van der Waals surface area contributed by atoms with Crippen LogP contribution in [-0.2, 0) is 0 Å². The summed E-state index contributed by atoms with van der Waals surface area (Å²) >= 11 is 0. The summed E-state index contributed by atoms with van der Waals surface area (Å²) in [6.07, 6.45) is 3.71. The third kappa shape index (κ3) is 3.68. The summed E-state index contributed by atoms with van der Waals surface area (Å²) in [7, 11) is 0. The van der Waals surface area contributed by atoms with Crippen LogP contribution < -0.4 is 10.6 Å². The Hall–Kier alpha value is -1.60. The summed E-state index contributed by atoms with van der Waals surface area (Å²) < 4.78 is 0. The Labute approximate surface area is 115 Å². The predicted molar refractivity (Wildman–Crippen MR) is 77.1 cm³/mol. The number of nitrogens with zero attached hydrogens (tertiary/aromatic N) is 2. The van der Waals surface area contributed by atoms with Gasteiger partial charge in [-0.25, -0.2) is 4.98 Å². The van der Waals surface area contributed by atoms with Crippen molar-refractivity contribution in [2.75, 3.05) is 25.0 Å². The molecule has 0 aromatic carbocycles. The highest BCUT2D eigenvalue weighted by Crippen LogP contribution is 2.19. The van der Waals surface area contributed by atoms with E-state index in [0.29, 0.717) is 5.56 Å². The van der Waals surface area contributed by atoms with Gasteiger partial charge in [0.25, 0.3) is 0 Å². The van der Waals surface area contributed by atoms with Crippen molar-refractivity contribution in [2.45, 2.75) is 33.1 Å². The fraction of sp³-hybridized carbons (Fsp3) is 0.600. The number of hydrogen-bond acceptors (Lipinski definition) is 4. The Bertz CT molecular complexity index is 470. The Morgan fingerprint density at radius 1 is 1.53 bits per heavy atom. The second-order valence-electron chi connectivity index (χ2n) is 5.34. The summed E-state index contributed by atoms with van der Waals surface area (Å²) in [4.78, 5) is 4.44. The van der Waals surface area contributed by atoms with Gasteiger partial charge in [0.05, 0.1) is 5.56 Å². The third-order valence-corrected chi connectivity index (χ3v) is 3.70. The van der Waals surface area contributed by atoms with E-state index in [2.05, 4.69) is 21.7 Å². The molecule has 102 valence electrons. The normalized spacial score (nSPS) is 18.9. The molecule has 1 fully saturated rings. The minimum atomic E-state index is 0.673. The van der Waals surface area contributed by atoms with Crippen LogP contribution in [-0.4, -0.2) is 24.6 Å². The average Bonchev–Trinajstić information content (AvgIpc) is 2.39. The van der Waals surface area contributed by atoms with E-state index in [1.165, 1.54) is 12.8 Å². The van der Waals surface area contributed by atoms with Gasteiger partial charge in [-0.05, 0) is 63.7 Å². The molecular formula is C15H22N4. The van der Waals surface area contributed by atoms with Crippen LogP contribution in [0.15, 0.2) is 6.07 Å². The Kier molecular flexibility index (Phi) is 4.75. The molecule has 0 amide bonds. The first-order chi connectivity index (χ1) is 9.20. The second kappa shape index (κ2) is 6.53. The molecule has 0 bridgehead atoms. The molecule has 1 aromatic heterocycles. The van der Waals surface area contributed by atoms with E-state index in [1.54, 1.807) is 0 Å². The molecule has 1 aliphatic rings. The number of hydrogen-bond donors (Lipinski definition) is 2. The molecule has 0 spiro atoms. The van der Waals surface area contributed by atoms with Gasteiger partial charge < -0.3 is 10.6 Å². The van der Waals surface area contributed by atoms with Crippen molar-refractivity contribution < 1.29 is 0 Å². The van der Waals surface area contributed by atoms with E-state index in [0.717, 1.165) is 49.0 Å². The monoisotopic (exact) mass is 258 g/mol. The largest absolute Gasteiger partial charge is 0.369 e. The maximum absolute atomic E-state index is 9.20. The Morgan fingerprint density at radius 2 is 2.37 bits per heavy atom. The molecule has 4 nitrogen and oxygen atoms in total. The highest BCUT2D eigenvalue weighted by atomic mass is 15.0. The SMILES string of the molecule is Cc1cc(C)c(C#N)c(NCCC2CCCNC2)n1. The number of rotatable bonds is 4. The van der Waals surface area contributed by atoms with Crippen LogP contribution in [0.3, 0.4) is 0 Å². The van der Waals surface area contributed by atoms with E-state index >= 15 is 0 Å². The number of aromatic nitrogens is 1. The molecule has 19 heavy (non-hydrogen) atoms. The number of piperidine rings is 1. The van der Waals surface area contributed by atoms with Crippen molar-refractivity contribution in [3.8, 4) is 6.07 Å². The standard InChI is InChI=1S/C15H22N4/c1-11-8-12(2)19-15(14(11)9-16)18-7-5-13-4-3-6-17-10-13/h8,13,17H,3-7,10H2,1-2H3,(H,18,19). The van der Waals surface area contributed by atoms with Crippen LogP contribution in [0, 0.1) is 31.1 Å². The molecule has 4 heteroatoms. The summed E-state index contributed by atoms with van der Waals surface area (Å²) in [6.45, 7) is 7.08. The number of aryl methyl sites for hydroxylation is 2. The van der Waals surface area contributed by atoms with E-state index in [9.17, 15) is 5.26 Å². The van der Waals surface area contributed by atoms with E-state index in [-0.39, 0.29) is 0 Å². The zero-order chi connectivity index (χ0) is 13.7. The highest BCUT2D eigenvalue weighted by molar-refractivity contribution is 5.56. The van der Waals surface area contributed by atoms with Gasteiger partial charge in [-0.3, -0.25) is 0 Å². The molecule has 1 aliphatic heterocycles. The Morgan fingerprint density at radius 3 is 3.05 bits per heavy atom. The summed E-state index contributed by atoms with van der Waals surface area (Å²) in [5.74, 6) is 1.49. The van der Waals surface area contributed by atoms with Crippen LogP contribution in [0.5, 0.6) is 0 Å². The van der Waals surface area contributed by atoms with Crippen LogP contribution >= 0.6 is 0 Å². The number of nitriles is 1. The lowest BCUT2D eigenvalue weighted by atomic mass is 9.96. The van der Waals surface area contributed by atoms with Gasteiger partial charge >= 0.3 is 0 Å². The van der Waals surface area contributed by atoms with Gasteiger partial charge in [-0.1, -0.05) is 0 Å². The van der Waals surface area contributed by atoms with Crippen molar-refractivity contribution >= 4 is 5.82 Å². The smallest absolute Gasteiger partial charge is 0.144 e. The molecule has 0 aliphatic carbocycles. The van der Waals surface area contributed by atoms with Crippen molar-refractivity contribution in [2.24, 2.45) is 5.92 Å². The fourth-order valence-electron chi connectivity index (χ4n) is 2.67. The quantitative estimate of drug-likeness (QED) is 0.870. The van der Waals surface area contributed by atoms with Crippen LogP contribution in [0.4, 0.5) is 5.82 Å². The average molecular weight is 258 g/mol. The van der Waals surface area contributed by atoms with Crippen molar-refractivity contribution in [1.82, 2.24) is 10.3 Å². The molecule has 2 N–H and O–H groups in total. The molecular weight excluding hydrogens is 236 g/mol. The van der Waals surface area contributed by atoms with Gasteiger partial charge in [0.1, 0.15) is 11.9 Å². The lowest BCUT2D eigenvalue weighted by molar-refractivity contribution is 0.364. The van der Waals surface area contributed by atoms with E-state index in [4.69, 9.17) is 0 Å². The molecule has 1 atom stereocenters. The maximum Gasteiger partial charge on any atom is 0.144 e. The van der Waals surface area contributed by atoms with Gasteiger partial charge in [-0.2, -0.15) is 5.26 Å². The first-order valence-electron chi connectivity index (χ1n) is 7.03. The molecule has 2 heterocycles. The first-order valence-corrected chi connectivity index (χ1v) is 7.03. The molecule has 1 aromatic rings. The minimum Gasteiger partial charge on any atom is -0.369 e. The van der Waals surface area contributed by atoms with Gasteiger partial charge in [-0.15, -0.1) is 0 Å². The van der Waals surface area contributed by atoms with Crippen LogP contribution in [0.1, 0.15) is 36.1 Å². The molecule has 0 saturated carbocycles. The zero-order valence-electron chi connectivity index (χ0n) is 11.8. The lowest BCUT2D eigenvalue weighted by Crippen LogP contribution is -2.30. The third-order valence-electron chi connectivity index (χ3n) is 3.70. The number of nitrogens with one attached hydrogen (secondary N) is 2. The second-order valence-corrected chi connectivity index (χ2v) is 5.34. The summed E-state index contributed by atoms with van der Waals surface area (Å²) in [5.41, 5.74) is 2.63. The highest BCUT2D eigenvalue weighted by Gasteiger charge is 2.13. The van der Waals surface area contributed by atoms with E-state index < -0.39 is 0 Å². The number of pyridine rings is 1. The minimum absolute atomic E-state index is 0.673. The summed E-state index contributed by atoms with van der Waals surface area (Å²) in [6, 6.07) is 4.20. The maximum atomic E-state index is 9.20. The van der Waals surface area contributed by atoms with Crippen molar-refractivity contribution in [1.29, 1.82) is 5.26 Å². The molecule has 1 unspecified atom stereocenters. The predicted octanol–water partition coefficient (Wildman–Crippen LogP) is 2.37. The number of anilines is 1. The van der Waals surface area contributed by atoms with Crippen LogP contribution in [0.2, 0.25) is 0 Å². The molecule has 0 radical (unpaired) electrons. The summed E-state index contributed by atoms with van der Waals surface area (Å²) in [5, 5.41) is 16.0. The van der Waals surface area contributed by atoms with Crippen LogP contribution in [0.25, 0.3) is 0 Å². The first kappa shape index (κ1) is 13.8. The lowest BCUT2D eigenvalue weighted by Gasteiger charge is -2.22. The van der Waals surface area contributed by atoms with Crippen molar-refractivity contribution in [3.63, 3.8) is 0 Å². The van der Waals surface area contributed by atoms with E-state index in [1.807, 2.05) is 19.9 Å². The molecule has 2 rings (SSSR count). The molecule has 1 saturated heterocycles.